The molecule has 2 N–H and O–H groups in total. The Bertz CT molecular complexity index is 254. The van der Waals surface area contributed by atoms with Crippen LogP contribution >= 0.6 is 22.9 Å². The summed E-state index contributed by atoms with van der Waals surface area (Å²) in [6, 6.07) is 0. The second-order valence-corrected chi connectivity index (χ2v) is 3.34. The first kappa shape index (κ1) is 7.57. The standard InChI is InChI=1S/C6H7ClN2S/c1-2-3-4-5(7)10-6(8)9-4/h2-3H,1H3,(H2,8,9)/b3-2+. The minimum Gasteiger partial charge on any atom is -0.375 e. The second kappa shape index (κ2) is 3.03. The summed E-state index contributed by atoms with van der Waals surface area (Å²) in [5, 5.41) is 0.512. The average molecular weight is 175 g/mol. The number of nitrogens with zero attached hydrogens (tertiary/aromatic N) is 1. The Kier molecular flexibility index (Phi) is 2.29. The zero-order valence-electron chi connectivity index (χ0n) is 5.47. The smallest absolute Gasteiger partial charge is 0.182 e. The van der Waals surface area contributed by atoms with E-state index in [9.17, 15) is 0 Å². The first-order valence-corrected chi connectivity index (χ1v) is 3.98. The molecule has 0 saturated carbocycles. The third-order valence-electron chi connectivity index (χ3n) is 0.951. The minimum atomic E-state index is 0.512. The number of anilines is 1. The predicted octanol–water partition coefficient (Wildman–Crippen LogP) is 2.41. The van der Waals surface area contributed by atoms with Crippen molar-refractivity contribution in [2.75, 3.05) is 5.73 Å². The fourth-order valence-electron chi connectivity index (χ4n) is 0.590. The van der Waals surface area contributed by atoms with Crippen LogP contribution in [0.3, 0.4) is 0 Å². The van der Waals surface area contributed by atoms with E-state index in [-0.39, 0.29) is 0 Å². The molecule has 0 aliphatic heterocycles. The van der Waals surface area contributed by atoms with Gasteiger partial charge in [-0.05, 0) is 13.0 Å². The number of nitrogens with two attached hydrogens (primary N) is 1. The van der Waals surface area contributed by atoms with Crippen LogP contribution in [0.2, 0.25) is 4.34 Å². The summed E-state index contributed by atoms with van der Waals surface area (Å²) < 4.78 is 0.649. The molecule has 2 nitrogen and oxygen atoms in total. The zero-order valence-corrected chi connectivity index (χ0v) is 7.04. The topological polar surface area (TPSA) is 38.9 Å². The van der Waals surface area contributed by atoms with Gasteiger partial charge >= 0.3 is 0 Å². The molecule has 0 saturated heterocycles. The average Bonchev–Trinajstić information content (AvgIpc) is 2.13. The Morgan fingerprint density at radius 1 is 1.70 bits per heavy atom. The molecule has 0 amide bonds. The highest BCUT2D eigenvalue weighted by Crippen LogP contribution is 2.26. The SMILES string of the molecule is C/C=C/c1nc(N)sc1Cl. The van der Waals surface area contributed by atoms with E-state index in [0.29, 0.717) is 9.47 Å². The molecule has 1 aromatic heterocycles. The normalized spacial score (nSPS) is 11.0. The highest BCUT2D eigenvalue weighted by Gasteiger charge is 2.01. The van der Waals surface area contributed by atoms with Crippen LogP contribution in [0.1, 0.15) is 12.6 Å². The summed E-state index contributed by atoms with van der Waals surface area (Å²) in [6.45, 7) is 1.91. The lowest BCUT2D eigenvalue weighted by Crippen LogP contribution is -1.80. The zero-order chi connectivity index (χ0) is 7.56. The Hall–Kier alpha value is -0.540. The maximum Gasteiger partial charge on any atom is 0.182 e. The van der Waals surface area contributed by atoms with Crippen molar-refractivity contribution in [2.24, 2.45) is 0 Å². The highest BCUT2D eigenvalue weighted by atomic mass is 35.5. The van der Waals surface area contributed by atoms with E-state index in [4.69, 9.17) is 17.3 Å². The van der Waals surface area contributed by atoms with Crippen molar-refractivity contribution >= 4 is 34.1 Å². The molecular formula is C6H7ClN2S. The van der Waals surface area contributed by atoms with Gasteiger partial charge in [-0.3, -0.25) is 0 Å². The molecule has 0 bridgehead atoms. The minimum absolute atomic E-state index is 0.512. The fourth-order valence-corrected chi connectivity index (χ4v) is 1.48. The van der Waals surface area contributed by atoms with E-state index in [2.05, 4.69) is 4.98 Å². The first-order chi connectivity index (χ1) is 4.74. The van der Waals surface area contributed by atoms with Crippen molar-refractivity contribution in [3.63, 3.8) is 0 Å². The molecule has 0 radical (unpaired) electrons. The molecule has 0 unspecified atom stereocenters. The van der Waals surface area contributed by atoms with Gasteiger partial charge in [0.2, 0.25) is 0 Å². The number of aromatic nitrogens is 1. The molecule has 4 heteroatoms. The van der Waals surface area contributed by atoms with Crippen molar-refractivity contribution < 1.29 is 0 Å². The van der Waals surface area contributed by atoms with E-state index < -0.39 is 0 Å². The van der Waals surface area contributed by atoms with Gasteiger partial charge in [-0.25, -0.2) is 4.98 Å². The fraction of sp³-hybridized carbons (Fsp3) is 0.167. The number of thiazole rings is 1. The van der Waals surface area contributed by atoms with Gasteiger partial charge in [-0.15, -0.1) is 0 Å². The number of hydrogen-bond donors (Lipinski definition) is 1. The molecule has 0 aromatic carbocycles. The first-order valence-electron chi connectivity index (χ1n) is 2.78. The van der Waals surface area contributed by atoms with E-state index in [1.165, 1.54) is 11.3 Å². The second-order valence-electron chi connectivity index (χ2n) is 1.71. The molecule has 54 valence electrons. The summed E-state index contributed by atoms with van der Waals surface area (Å²) in [4.78, 5) is 3.98. The molecule has 0 fully saturated rings. The van der Waals surface area contributed by atoms with E-state index in [1.807, 2.05) is 19.1 Å². The third kappa shape index (κ3) is 1.49. The number of hydrogen-bond acceptors (Lipinski definition) is 3. The molecule has 1 aromatic rings. The quantitative estimate of drug-likeness (QED) is 0.710. The molecule has 10 heavy (non-hydrogen) atoms. The van der Waals surface area contributed by atoms with Crippen LogP contribution in [-0.2, 0) is 0 Å². The summed E-state index contributed by atoms with van der Waals surface area (Å²) in [6.07, 6.45) is 3.70. The van der Waals surface area contributed by atoms with Crippen molar-refractivity contribution in [1.82, 2.24) is 4.98 Å². The lowest BCUT2D eigenvalue weighted by atomic mass is 10.4. The molecule has 0 aliphatic carbocycles. The van der Waals surface area contributed by atoms with Crippen molar-refractivity contribution in [3.8, 4) is 0 Å². The van der Waals surface area contributed by atoms with Crippen molar-refractivity contribution in [1.29, 1.82) is 0 Å². The van der Waals surface area contributed by atoms with E-state index >= 15 is 0 Å². The molecule has 0 atom stereocenters. The van der Waals surface area contributed by atoms with Crippen LogP contribution < -0.4 is 5.73 Å². The van der Waals surface area contributed by atoms with Gasteiger partial charge < -0.3 is 5.73 Å². The Balaban J connectivity index is 3.03. The molecular weight excluding hydrogens is 168 g/mol. The van der Waals surface area contributed by atoms with Gasteiger partial charge in [0, 0.05) is 0 Å². The predicted molar refractivity (Wildman–Crippen MR) is 46.2 cm³/mol. The van der Waals surface area contributed by atoms with Crippen molar-refractivity contribution in [3.05, 3.63) is 16.1 Å². The Morgan fingerprint density at radius 3 is 2.80 bits per heavy atom. The van der Waals surface area contributed by atoms with Gasteiger partial charge in [-0.1, -0.05) is 29.0 Å². The summed E-state index contributed by atoms with van der Waals surface area (Å²) >= 11 is 7.04. The highest BCUT2D eigenvalue weighted by molar-refractivity contribution is 7.19. The van der Waals surface area contributed by atoms with Gasteiger partial charge in [0.15, 0.2) is 5.13 Å². The van der Waals surface area contributed by atoms with Gasteiger partial charge in [-0.2, -0.15) is 0 Å². The van der Waals surface area contributed by atoms with Gasteiger partial charge in [0.05, 0.1) is 5.69 Å². The largest absolute Gasteiger partial charge is 0.375 e. The van der Waals surface area contributed by atoms with Crippen LogP contribution in [0, 0.1) is 0 Å². The van der Waals surface area contributed by atoms with E-state index in [0.717, 1.165) is 5.69 Å². The van der Waals surface area contributed by atoms with Gasteiger partial charge in [0.1, 0.15) is 4.34 Å². The molecule has 0 aliphatic rings. The summed E-state index contributed by atoms with van der Waals surface area (Å²) in [5.41, 5.74) is 6.15. The Morgan fingerprint density at radius 2 is 2.40 bits per heavy atom. The molecule has 0 spiro atoms. The maximum atomic E-state index is 5.75. The number of nitrogen functional groups attached to an aromatic ring is 1. The summed E-state index contributed by atoms with van der Waals surface area (Å²) in [7, 11) is 0. The lowest BCUT2D eigenvalue weighted by Gasteiger charge is -1.80. The summed E-state index contributed by atoms with van der Waals surface area (Å²) in [5.74, 6) is 0. The molecule has 1 rings (SSSR count). The van der Waals surface area contributed by atoms with Crippen molar-refractivity contribution in [2.45, 2.75) is 6.92 Å². The number of rotatable bonds is 1. The Labute approximate surface area is 68.3 Å². The van der Waals surface area contributed by atoms with Crippen LogP contribution in [-0.4, -0.2) is 4.98 Å². The van der Waals surface area contributed by atoms with E-state index in [1.54, 1.807) is 0 Å². The van der Waals surface area contributed by atoms with Crippen LogP contribution in [0.25, 0.3) is 6.08 Å². The number of allylic oxidation sites excluding steroid dienone is 1. The van der Waals surface area contributed by atoms with Crippen LogP contribution in [0.4, 0.5) is 5.13 Å². The van der Waals surface area contributed by atoms with Crippen LogP contribution in [0.5, 0.6) is 0 Å². The number of halogens is 1. The third-order valence-corrected chi connectivity index (χ3v) is 2.06. The monoisotopic (exact) mass is 174 g/mol. The van der Waals surface area contributed by atoms with Gasteiger partial charge in [0.25, 0.3) is 0 Å². The molecule has 1 heterocycles. The maximum absolute atomic E-state index is 5.75. The lowest BCUT2D eigenvalue weighted by molar-refractivity contribution is 1.38. The van der Waals surface area contributed by atoms with Crippen LogP contribution in [0.15, 0.2) is 6.08 Å².